The van der Waals surface area contributed by atoms with Gasteiger partial charge in [-0.05, 0) is 35.7 Å². The molecule has 7 heteroatoms. The number of fused-ring (bicyclic) bond motifs is 1. The fourth-order valence-electron chi connectivity index (χ4n) is 2.97. The Labute approximate surface area is 156 Å². The average Bonchev–Trinajstić information content (AvgIpc) is 3.09. The van der Waals surface area contributed by atoms with E-state index in [-0.39, 0.29) is 11.8 Å². The molecule has 0 saturated carbocycles. The van der Waals surface area contributed by atoms with Crippen molar-refractivity contribution in [1.82, 2.24) is 10.2 Å². The predicted octanol–water partition coefficient (Wildman–Crippen LogP) is 2.60. The van der Waals surface area contributed by atoms with Crippen LogP contribution in [0.15, 0.2) is 24.3 Å². The Kier molecular flexibility index (Phi) is 5.46. The normalized spacial score (nSPS) is 13.1. The topological polar surface area (TPSA) is 67.9 Å². The second kappa shape index (κ2) is 7.78. The average molecular weight is 374 g/mol. The molecule has 3 rings (SSSR count). The Morgan fingerprint density at radius 3 is 2.65 bits per heavy atom. The highest BCUT2D eigenvalue weighted by molar-refractivity contribution is 7.14. The molecule has 2 aromatic rings. The van der Waals surface area contributed by atoms with Crippen LogP contribution in [0.25, 0.3) is 0 Å². The van der Waals surface area contributed by atoms with Crippen LogP contribution >= 0.6 is 11.3 Å². The number of ether oxygens (including phenoxy) is 2. The van der Waals surface area contributed by atoms with Crippen molar-refractivity contribution in [2.24, 2.45) is 0 Å². The second-order valence-electron chi connectivity index (χ2n) is 6.12. The van der Waals surface area contributed by atoms with E-state index in [1.165, 1.54) is 16.2 Å². The van der Waals surface area contributed by atoms with Crippen molar-refractivity contribution in [2.45, 2.75) is 26.4 Å². The molecular formula is C19H22N2O4S. The van der Waals surface area contributed by atoms with Crippen LogP contribution in [0, 0.1) is 0 Å². The number of nitrogens with one attached hydrogen (secondary N) is 1. The molecule has 0 fully saturated rings. The van der Waals surface area contributed by atoms with Crippen molar-refractivity contribution in [3.63, 3.8) is 0 Å². The van der Waals surface area contributed by atoms with Gasteiger partial charge in [0.2, 0.25) is 5.91 Å². The van der Waals surface area contributed by atoms with Crippen LogP contribution in [0.2, 0.25) is 0 Å². The second-order valence-corrected chi connectivity index (χ2v) is 7.26. The molecule has 26 heavy (non-hydrogen) atoms. The van der Waals surface area contributed by atoms with E-state index < -0.39 is 0 Å². The van der Waals surface area contributed by atoms with E-state index in [4.69, 9.17) is 9.47 Å². The Morgan fingerprint density at radius 1 is 1.19 bits per heavy atom. The number of benzene rings is 1. The van der Waals surface area contributed by atoms with Crippen molar-refractivity contribution >= 4 is 23.2 Å². The predicted molar refractivity (Wildman–Crippen MR) is 99.8 cm³/mol. The number of carbonyl (C=O) groups is 2. The van der Waals surface area contributed by atoms with Crippen LogP contribution in [-0.4, -0.2) is 37.5 Å². The van der Waals surface area contributed by atoms with Gasteiger partial charge in [0, 0.05) is 31.4 Å². The van der Waals surface area contributed by atoms with Crippen LogP contribution in [0.4, 0.5) is 0 Å². The lowest BCUT2D eigenvalue weighted by atomic mass is 10.1. The van der Waals surface area contributed by atoms with E-state index in [2.05, 4.69) is 5.32 Å². The van der Waals surface area contributed by atoms with Crippen molar-refractivity contribution in [2.75, 3.05) is 20.8 Å². The number of rotatable bonds is 5. The standard InChI is InChI=1S/C19H22N2O4S/c1-12(22)21-7-6-17-14(11-21)9-18(26-17)19(23)20-10-13-4-5-15(24-2)16(8-13)25-3/h4-5,8-9H,6-7,10-11H2,1-3H3,(H,20,23). The van der Waals surface area contributed by atoms with Gasteiger partial charge >= 0.3 is 0 Å². The molecule has 6 nitrogen and oxygen atoms in total. The number of carbonyl (C=O) groups excluding carboxylic acids is 2. The maximum atomic E-state index is 12.5. The third kappa shape index (κ3) is 3.83. The van der Waals surface area contributed by atoms with Gasteiger partial charge in [0.25, 0.3) is 5.91 Å². The Bertz CT molecular complexity index is 831. The molecule has 0 saturated heterocycles. The van der Waals surface area contributed by atoms with Gasteiger partial charge in [-0.15, -0.1) is 11.3 Å². The molecule has 0 spiro atoms. The van der Waals surface area contributed by atoms with E-state index in [1.807, 2.05) is 24.3 Å². The minimum Gasteiger partial charge on any atom is -0.493 e. The number of amides is 2. The number of hydrogen-bond donors (Lipinski definition) is 1. The van der Waals surface area contributed by atoms with Gasteiger partial charge in [0.15, 0.2) is 11.5 Å². The van der Waals surface area contributed by atoms with Gasteiger partial charge in [-0.3, -0.25) is 9.59 Å². The van der Waals surface area contributed by atoms with E-state index in [9.17, 15) is 9.59 Å². The quantitative estimate of drug-likeness (QED) is 0.874. The third-order valence-electron chi connectivity index (χ3n) is 4.44. The summed E-state index contributed by atoms with van der Waals surface area (Å²) in [6.45, 7) is 3.29. The Hall–Kier alpha value is -2.54. The number of methoxy groups -OCH3 is 2. The largest absolute Gasteiger partial charge is 0.493 e. The highest BCUT2D eigenvalue weighted by Crippen LogP contribution is 2.29. The van der Waals surface area contributed by atoms with E-state index in [0.29, 0.717) is 29.5 Å². The van der Waals surface area contributed by atoms with Gasteiger partial charge in [0.1, 0.15) is 0 Å². The van der Waals surface area contributed by atoms with Crippen LogP contribution < -0.4 is 14.8 Å². The first kappa shape index (κ1) is 18.3. The molecule has 2 amide bonds. The lowest BCUT2D eigenvalue weighted by molar-refractivity contribution is -0.129. The summed E-state index contributed by atoms with van der Waals surface area (Å²) in [5, 5.41) is 2.94. The summed E-state index contributed by atoms with van der Waals surface area (Å²) in [4.78, 5) is 27.7. The minimum absolute atomic E-state index is 0.0707. The van der Waals surface area contributed by atoms with Crippen molar-refractivity contribution in [3.8, 4) is 11.5 Å². The van der Waals surface area contributed by atoms with Crippen molar-refractivity contribution < 1.29 is 19.1 Å². The first-order chi connectivity index (χ1) is 12.5. The maximum absolute atomic E-state index is 12.5. The van der Waals surface area contributed by atoms with Crippen molar-refractivity contribution in [3.05, 3.63) is 45.1 Å². The summed E-state index contributed by atoms with van der Waals surface area (Å²) in [7, 11) is 3.17. The molecule has 1 aliphatic heterocycles. The van der Waals surface area contributed by atoms with Gasteiger partial charge in [-0.25, -0.2) is 0 Å². The van der Waals surface area contributed by atoms with E-state index in [1.54, 1.807) is 26.0 Å². The lowest BCUT2D eigenvalue weighted by Crippen LogP contribution is -2.33. The SMILES string of the molecule is COc1ccc(CNC(=O)c2cc3c(s2)CCN(C(C)=O)C3)cc1OC. The fourth-order valence-corrected chi connectivity index (χ4v) is 4.05. The van der Waals surface area contributed by atoms with Gasteiger partial charge in [-0.1, -0.05) is 6.07 Å². The Balaban J connectivity index is 1.65. The molecule has 0 bridgehead atoms. The summed E-state index contributed by atoms with van der Waals surface area (Å²) >= 11 is 1.51. The van der Waals surface area contributed by atoms with Crippen LogP contribution in [-0.2, 0) is 24.3 Å². The zero-order chi connectivity index (χ0) is 18.7. The number of hydrogen-bond acceptors (Lipinski definition) is 5. The van der Waals surface area contributed by atoms with Gasteiger partial charge in [0.05, 0.1) is 19.1 Å². The lowest BCUT2D eigenvalue weighted by Gasteiger charge is -2.25. The highest BCUT2D eigenvalue weighted by atomic mass is 32.1. The van der Waals surface area contributed by atoms with Crippen LogP contribution in [0.5, 0.6) is 11.5 Å². The van der Waals surface area contributed by atoms with Crippen LogP contribution in [0.3, 0.4) is 0 Å². The molecular weight excluding hydrogens is 352 g/mol. The highest BCUT2D eigenvalue weighted by Gasteiger charge is 2.22. The molecule has 1 aliphatic rings. The number of thiophene rings is 1. The monoisotopic (exact) mass is 374 g/mol. The van der Waals surface area contributed by atoms with Crippen LogP contribution in [0.1, 0.15) is 32.6 Å². The van der Waals surface area contributed by atoms with Gasteiger partial charge < -0.3 is 19.7 Å². The molecule has 0 atom stereocenters. The molecule has 1 aromatic heterocycles. The zero-order valence-electron chi connectivity index (χ0n) is 15.1. The molecule has 0 aliphatic carbocycles. The minimum atomic E-state index is -0.103. The first-order valence-corrected chi connectivity index (χ1v) is 9.19. The summed E-state index contributed by atoms with van der Waals surface area (Å²) in [5.41, 5.74) is 2.01. The molecule has 1 aromatic carbocycles. The maximum Gasteiger partial charge on any atom is 0.261 e. The summed E-state index contributed by atoms with van der Waals surface area (Å²) in [6.07, 6.45) is 0.808. The Morgan fingerprint density at radius 2 is 1.96 bits per heavy atom. The molecule has 0 radical (unpaired) electrons. The smallest absolute Gasteiger partial charge is 0.261 e. The van der Waals surface area contributed by atoms with E-state index >= 15 is 0 Å². The number of nitrogens with zero attached hydrogens (tertiary/aromatic N) is 1. The summed E-state index contributed by atoms with van der Waals surface area (Å²) in [6, 6.07) is 7.47. The summed E-state index contributed by atoms with van der Waals surface area (Å²) in [5.74, 6) is 1.26. The first-order valence-electron chi connectivity index (χ1n) is 8.38. The summed E-state index contributed by atoms with van der Waals surface area (Å²) < 4.78 is 10.5. The molecule has 2 heterocycles. The molecule has 138 valence electrons. The van der Waals surface area contributed by atoms with E-state index in [0.717, 1.165) is 24.1 Å². The molecule has 1 N–H and O–H groups in total. The van der Waals surface area contributed by atoms with Crippen molar-refractivity contribution in [1.29, 1.82) is 0 Å². The molecule has 0 unspecified atom stereocenters. The van der Waals surface area contributed by atoms with Gasteiger partial charge in [-0.2, -0.15) is 0 Å². The fraction of sp³-hybridized carbons (Fsp3) is 0.368. The zero-order valence-corrected chi connectivity index (χ0v) is 15.9. The third-order valence-corrected chi connectivity index (χ3v) is 5.67.